The van der Waals surface area contributed by atoms with Gasteiger partial charge in [0.05, 0.1) is 23.9 Å². The fourth-order valence-corrected chi connectivity index (χ4v) is 3.97. The van der Waals surface area contributed by atoms with Crippen molar-refractivity contribution in [3.63, 3.8) is 0 Å². The summed E-state index contributed by atoms with van der Waals surface area (Å²) < 4.78 is 5.41. The summed E-state index contributed by atoms with van der Waals surface area (Å²) in [6.45, 7) is -0.310. The van der Waals surface area contributed by atoms with Crippen LogP contribution in [-0.2, 0) is 0 Å². The Hall–Kier alpha value is -3.35. The number of methoxy groups -OCH3 is 1. The first-order chi connectivity index (χ1) is 14.9. The zero-order valence-corrected chi connectivity index (χ0v) is 17.9. The predicted molar refractivity (Wildman–Crippen MR) is 118 cm³/mol. The predicted octanol–water partition coefficient (Wildman–Crippen LogP) is 4.90. The fourth-order valence-electron chi connectivity index (χ4n) is 3.44. The minimum absolute atomic E-state index is 0.208. The van der Waals surface area contributed by atoms with Gasteiger partial charge in [-0.3, -0.25) is 24.2 Å². The Morgan fingerprint density at radius 2 is 1.45 bits per heavy atom. The van der Waals surface area contributed by atoms with Crippen molar-refractivity contribution in [3.05, 3.63) is 93.5 Å². The van der Waals surface area contributed by atoms with Crippen molar-refractivity contribution in [2.24, 2.45) is 0 Å². The highest BCUT2D eigenvalue weighted by Gasteiger charge is 2.37. The van der Waals surface area contributed by atoms with Crippen molar-refractivity contribution in [2.75, 3.05) is 18.7 Å². The van der Waals surface area contributed by atoms with Gasteiger partial charge in [0.2, 0.25) is 0 Å². The van der Waals surface area contributed by atoms with Crippen LogP contribution in [0.4, 0.5) is 5.69 Å². The van der Waals surface area contributed by atoms with Gasteiger partial charge in [-0.15, -0.1) is 0 Å². The molecule has 0 bridgehead atoms. The topological polar surface area (TPSA) is 66.9 Å². The summed E-state index contributed by atoms with van der Waals surface area (Å²) in [5.41, 5.74) is 1.19. The third kappa shape index (κ3) is 3.87. The van der Waals surface area contributed by atoms with Crippen LogP contribution < -0.4 is 9.64 Å². The lowest BCUT2D eigenvalue weighted by Crippen LogP contribution is -2.44. The molecule has 3 aromatic carbocycles. The standard InChI is InChI=1S/C23H16Cl2N2O4/c1-31-20-9-5-4-8-19(20)26(21(28)14-10-15(24)12-16(25)11-14)13-27-22(29)17-6-2-3-7-18(17)23(27)30/h2-12H,13H2,1H3. The van der Waals surface area contributed by atoms with Crippen molar-refractivity contribution >= 4 is 46.6 Å². The van der Waals surface area contributed by atoms with E-state index in [0.29, 0.717) is 22.6 Å². The Kier molecular flexibility index (Phi) is 5.67. The maximum Gasteiger partial charge on any atom is 0.263 e. The zero-order chi connectivity index (χ0) is 22.1. The van der Waals surface area contributed by atoms with Crippen LogP contribution in [0.2, 0.25) is 10.0 Å². The maximum atomic E-state index is 13.5. The molecule has 0 N–H and O–H groups in total. The first-order valence-corrected chi connectivity index (χ1v) is 10.0. The number of para-hydroxylation sites is 2. The molecule has 31 heavy (non-hydrogen) atoms. The second-order valence-corrected chi connectivity index (χ2v) is 7.66. The first kappa shape index (κ1) is 20.9. The van der Waals surface area contributed by atoms with Crippen LogP contribution in [0.15, 0.2) is 66.7 Å². The molecule has 1 aliphatic rings. The minimum Gasteiger partial charge on any atom is -0.495 e. The number of rotatable bonds is 5. The molecule has 6 nitrogen and oxygen atoms in total. The molecule has 1 aliphatic heterocycles. The van der Waals surface area contributed by atoms with E-state index in [-0.39, 0.29) is 22.3 Å². The molecular formula is C23H16Cl2N2O4. The number of anilines is 1. The number of amides is 3. The summed E-state index contributed by atoms with van der Waals surface area (Å²) >= 11 is 12.2. The number of carbonyl (C=O) groups is 3. The molecule has 0 fully saturated rings. The smallest absolute Gasteiger partial charge is 0.263 e. The van der Waals surface area contributed by atoms with E-state index in [1.54, 1.807) is 48.5 Å². The lowest BCUT2D eigenvalue weighted by Gasteiger charge is -2.28. The number of fused-ring (bicyclic) bond motifs is 1. The highest BCUT2D eigenvalue weighted by Crippen LogP contribution is 2.32. The molecule has 3 amide bonds. The summed E-state index contributed by atoms with van der Waals surface area (Å²) in [5.74, 6) is -1.04. The van der Waals surface area contributed by atoms with E-state index in [2.05, 4.69) is 0 Å². The van der Waals surface area contributed by atoms with Crippen molar-refractivity contribution in [1.29, 1.82) is 0 Å². The van der Waals surface area contributed by atoms with Crippen molar-refractivity contribution in [3.8, 4) is 5.75 Å². The fraction of sp³-hybridized carbons (Fsp3) is 0.0870. The van der Waals surface area contributed by atoms with E-state index < -0.39 is 17.7 Å². The van der Waals surface area contributed by atoms with Gasteiger partial charge in [0, 0.05) is 15.6 Å². The van der Waals surface area contributed by atoms with Gasteiger partial charge >= 0.3 is 0 Å². The molecule has 0 aliphatic carbocycles. The van der Waals surface area contributed by atoms with Gasteiger partial charge in [0.25, 0.3) is 17.7 Å². The maximum absolute atomic E-state index is 13.5. The minimum atomic E-state index is -0.495. The average molecular weight is 455 g/mol. The largest absolute Gasteiger partial charge is 0.495 e. The molecule has 8 heteroatoms. The number of ether oxygens (including phenoxy) is 1. The van der Waals surface area contributed by atoms with Gasteiger partial charge in [0.15, 0.2) is 0 Å². The van der Waals surface area contributed by atoms with Crippen molar-refractivity contribution in [2.45, 2.75) is 0 Å². The van der Waals surface area contributed by atoms with E-state index in [1.807, 2.05) is 0 Å². The molecular weight excluding hydrogens is 439 g/mol. The van der Waals surface area contributed by atoms with Crippen molar-refractivity contribution < 1.29 is 19.1 Å². The molecule has 0 unspecified atom stereocenters. The molecule has 0 spiro atoms. The molecule has 0 radical (unpaired) electrons. The molecule has 0 saturated heterocycles. The number of hydrogen-bond acceptors (Lipinski definition) is 4. The molecule has 0 atom stereocenters. The van der Waals surface area contributed by atoms with E-state index in [1.165, 1.54) is 30.2 Å². The number of halogens is 2. The van der Waals surface area contributed by atoms with Crippen molar-refractivity contribution in [1.82, 2.24) is 4.90 Å². The van der Waals surface area contributed by atoms with Gasteiger partial charge in [-0.1, -0.05) is 47.5 Å². The molecule has 0 saturated carbocycles. The van der Waals surface area contributed by atoms with E-state index in [0.717, 1.165) is 4.90 Å². The Labute approximate surface area is 188 Å². The SMILES string of the molecule is COc1ccccc1N(CN1C(=O)c2ccccc2C1=O)C(=O)c1cc(Cl)cc(Cl)c1. The lowest BCUT2D eigenvalue weighted by atomic mass is 10.1. The highest BCUT2D eigenvalue weighted by molar-refractivity contribution is 6.35. The number of imide groups is 1. The molecule has 1 heterocycles. The van der Waals surface area contributed by atoms with Gasteiger partial charge in [-0.25, -0.2) is 0 Å². The van der Waals surface area contributed by atoms with Crippen LogP contribution in [0.25, 0.3) is 0 Å². The first-order valence-electron chi connectivity index (χ1n) is 9.27. The number of carbonyl (C=O) groups excluding carboxylic acids is 3. The summed E-state index contributed by atoms with van der Waals surface area (Å²) in [6.07, 6.45) is 0. The van der Waals surface area contributed by atoms with Crippen LogP contribution >= 0.6 is 23.2 Å². The van der Waals surface area contributed by atoms with Crippen LogP contribution in [0.3, 0.4) is 0 Å². The summed E-state index contributed by atoms with van der Waals surface area (Å²) in [7, 11) is 1.47. The molecule has 0 aromatic heterocycles. The van der Waals surface area contributed by atoms with E-state index >= 15 is 0 Å². The summed E-state index contributed by atoms with van der Waals surface area (Å²) in [6, 6.07) is 17.8. The third-order valence-electron chi connectivity index (χ3n) is 4.89. The Morgan fingerprint density at radius 1 is 0.903 bits per heavy atom. The quantitative estimate of drug-likeness (QED) is 0.514. The summed E-state index contributed by atoms with van der Waals surface area (Å²) in [4.78, 5) is 41.6. The highest BCUT2D eigenvalue weighted by atomic mass is 35.5. The molecule has 3 aromatic rings. The van der Waals surface area contributed by atoms with E-state index in [4.69, 9.17) is 27.9 Å². The average Bonchev–Trinajstić information content (AvgIpc) is 3.01. The van der Waals surface area contributed by atoms with E-state index in [9.17, 15) is 14.4 Å². The van der Waals surface area contributed by atoms with Crippen LogP contribution in [0.1, 0.15) is 31.1 Å². The molecule has 156 valence electrons. The zero-order valence-electron chi connectivity index (χ0n) is 16.3. The monoisotopic (exact) mass is 454 g/mol. The third-order valence-corrected chi connectivity index (χ3v) is 5.33. The number of nitrogens with zero attached hydrogens (tertiary/aromatic N) is 2. The number of benzene rings is 3. The van der Waals surface area contributed by atoms with Crippen LogP contribution in [0.5, 0.6) is 5.75 Å². The number of hydrogen-bond donors (Lipinski definition) is 0. The van der Waals surface area contributed by atoms with Gasteiger partial charge in [0.1, 0.15) is 12.4 Å². The second-order valence-electron chi connectivity index (χ2n) is 6.79. The Bertz CT molecular complexity index is 1160. The Balaban J connectivity index is 1.77. The van der Waals surface area contributed by atoms with Gasteiger partial charge in [-0.2, -0.15) is 0 Å². The summed E-state index contributed by atoms with van der Waals surface area (Å²) in [5, 5.41) is 0.577. The van der Waals surface area contributed by atoms with Crippen LogP contribution in [-0.4, -0.2) is 36.4 Å². The van der Waals surface area contributed by atoms with Crippen LogP contribution in [0, 0.1) is 0 Å². The second kappa shape index (κ2) is 8.41. The molecule has 4 rings (SSSR count). The Morgan fingerprint density at radius 3 is 2.03 bits per heavy atom. The normalized spacial score (nSPS) is 12.7. The van der Waals surface area contributed by atoms with Gasteiger partial charge < -0.3 is 4.74 Å². The van der Waals surface area contributed by atoms with Gasteiger partial charge in [-0.05, 0) is 42.5 Å². The lowest BCUT2D eigenvalue weighted by molar-refractivity contribution is 0.0650.